The number of sulfonamides is 1. The molecule has 1 amide bonds. The summed E-state index contributed by atoms with van der Waals surface area (Å²) in [5.41, 5.74) is 0.591. The fraction of sp³-hybridized carbons (Fsp3) is 0.0952. The third kappa shape index (κ3) is 5.66. The van der Waals surface area contributed by atoms with Gasteiger partial charge in [-0.15, -0.1) is 0 Å². The largest absolute Gasteiger partial charge is 0.492 e. The lowest BCUT2D eigenvalue weighted by atomic mass is 10.2. The summed E-state index contributed by atoms with van der Waals surface area (Å²) < 4.78 is 46.8. The molecule has 2 N–H and O–H groups in total. The summed E-state index contributed by atoms with van der Waals surface area (Å²) >= 11 is 11.6. The summed E-state index contributed by atoms with van der Waals surface area (Å²) in [5, 5.41) is 2.91. The molecule has 162 valence electrons. The standard InChI is InChI=1S/C21H17Cl2FN2O4S/c1-2-30-20-10-8-16(31(28,29)26-15-7-9-18(24)17(23)11-15)12-19(20)25-21(27)13-3-5-14(22)6-4-13/h3-12,26H,2H2,1H3,(H,25,27). The fourth-order valence-corrected chi connectivity index (χ4v) is 4.01. The predicted molar refractivity (Wildman–Crippen MR) is 119 cm³/mol. The van der Waals surface area contributed by atoms with Crippen LogP contribution in [0.3, 0.4) is 0 Å². The Morgan fingerprint density at radius 1 is 1.03 bits per heavy atom. The van der Waals surface area contributed by atoms with Crippen molar-refractivity contribution < 1.29 is 22.3 Å². The number of hydrogen-bond donors (Lipinski definition) is 2. The first-order chi connectivity index (χ1) is 14.7. The van der Waals surface area contributed by atoms with Crippen molar-refractivity contribution in [3.05, 3.63) is 82.1 Å². The van der Waals surface area contributed by atoms with E-state index in [1.807, 2.05) is 0 Å². The van der Waals surface area contributed by atoms with Gasteiger partial charge in [0.25, 0.3) is 15.9 Å². The molecule has 0 radical (unpaired) electrons. The topological polar surface area (TPSA) is 84.5 Å². The van der Waals surface area contributed by atoms with Gasteiger partial charge in [-0.3, -0.25) is 9.52 Å². The van der Waals surface area contributed by atoms with Crippen molar-refractivity contribution in [3.63, 3.8) is 0 Å². The van der Waals surface area contributed by atoms with Gasteiger partial charge in [-0.25, -0.2) is 12.8 Å². The van der Waals surface area contributed by atoms with Gasteiger partial charge in [0.05, 0.1) is 27.9 Å². The molecule has 0 bridgehead atoms. The van der Waals surface area contributed by atoms with E-state index in [1.165, 1.54) is 24.3 Å². The molecule has 0 aliphatic rings. The van der Waals surface area contributed by atoms with Crippen molar-refractivity contribution in [3.8, 4) is 5.75 Å². The average molecular weight is 483 g/mol. The normalized spacial score (nSPS) is 11.1. The molecule has 0 aliphatic heterocycles. The van der Waals surface area contributed by atoms with E-state index < -0.39 is 21.7 Å². The van der Waals surface area contributed by atoms with Gasteiger partial charge in [0.2, 0.25) is 0 Å². The van der Waals surface area contributed by atoms with E-state index in [4.69, 9.17) is 27.9 Å². The van der Waals surface area contributed by atoms with Crippen molar-refractivity contribution in [2.75, 3.05) is 16.6 Å². The zero-order valence-corrected chi connectivity index (χ0v) is 18.5. The van der Waals surface area contributed by atoms with Gasteiger partial charge in [-0.2, -0.15) is 0 Å². The maximum Gasteiger partial charge on any atom is 0.261 e. The molecule has 0 heterocycles. The Balaban J connectivity index is 1.91. The van der Waals surface area contributed by atoms with Gasteiger partial charge in [0.1, 0.15) is 11.6 Å². The molecule has 0 atom stereocenters. The number of halogens is 3. The number of hydrogen-bond acceptors (Lipinski definition) is 4. The first-order valence-electron chi connectivity index (χ1n) is 9.01. The first kappa shape index (κ1) is 22.9. The van der Waals surface area contributed by atoms with Crippen LogP contribution >= 0.6 is 23.2 Å². The van der Waals surface area contributed by atoms with Crippen LogP contribution in [0.1, 0.15) is 17.3 Å². The molecule has 0 saturated carbocycles. The Bertz CT molecular complexity index is 1220. The van der Waals surface area contributed by atoms with E-state index in [9.17, 15) is 17.6 Å². The second kappa shape index (κ2) is 9.55. The number of benzene rings is 3. The molecule has 3 aromatic rings. The van der Waals surface area contributed by atoms with Gasteiger partial charge < -0.3 is 10.1 Å². The summed E-state index contributed by atoms with van der Waals surface area (Å²) in [5.74, 6) is -0.836. The third-order valence-corrected chi connectivity index (χ3v) is 6.01. The van der Waals surface area contributed by atoms with Gasteiger partial charge in [-0.05, 0) is 67.6 Å². The quantitative estimate of drug-likeness (QED) is 0.459. The number of ether oxygens (including phenoxy) is 1. The minimum atomic E-state index is -4.06. The van der Waals surface area contributed by atoms with Crippen LogP contribution in [0.4, 0.5) is 15.8 Å². The van der Waals surface area contributed by atoms with E-state index in [0.29, 0.717) is 22.9 Å². The fourth-order valence-electron chi connectivity index (χ4n) is 2.62. The van der Waals surface area contributed by atoms with Crippen LogP contribution in [-0.4, -0.2) is 20.9 Å². The highest BCUT2D eigenvalue weighted by Gasteiger charge is 2.19. The molecule has 6 nitrogen and oxygen atoms in total. The molecule has 0 saturated heterocycles. The number of rotatable bonds is 7. The molecule has 10 heteroatoms. The second-order valence-electron chi connectivity index (χ2n) is 6.29. The van der Waals surface area contributed by atoms with Crippen LogP contribution in [-0.2, 0) is 10.0 Å². The Labute approximate surface area is 189 Å². The molecular formula is C21H17Cl2FN2O4S. The van der Waals surface area contributed by atoms with Gasteiger partial charge in [0.15, 0.2) is 0 Å². The number of nitrogens with one attached hydrogen (secondary N) is 2. The molecule has 0 spiro atoms. The Morgan fingerprint density at radius 2 is 1.74 bits per heavy atom. The first-order valence-corrected chi connectivity index (χ1v) is 11.2. The van der Waals surface area contributed by atoms with E-state index in [-0.39, 0.29) is 21.3 Å². The number of anilines is 2. The number of carbonyl (C=O) groups excluding carboxylic acids is 1. The molecule has 0 unspecified atom stereocenters. The van der Waals surface area contributed by atoms with Crippen molar-refractivity contribution in [2.45, 2.75) is 11.8 Å². The maximum atomic E-state index is 13.3. The highest BCUT2D eigenvalue weighted by Crippen LogP contribution is 2.30. The van der Waals surface area contributed by atoms with E-state index in [0.717, 1.165) is 12.1 Å². The monoisotopic (exact) mass is 482 g/mol. The lowest BCUT2D eigenvalue weighted by molar-refractivity contribution is 0.102. The summed E-state index contributed by atoms with van der Waals surface area (Å²) in [6.45, 7) is 2.07. The summed E-state index contributed by atoms with van der Waals surface area (Å²) in [7, 11) is -4.06. The summed E-state index contributed by atoms with van der Waals surface area (Å²) in [6.07, 6.45) is 0. The molecule has 0 fully saturated rings. The highest BCUT2D eigenvalue weighted by atomic mass is 35.5. The molecule has 0 aromatic heterocycles. The lowest BCUT2D eigenvalue weighted by Gasteiger charge is -2.14. The second-order valence-corrected chi connectivity index (χ2v) is 8.81. The average Bonchev–Trinajstić information content (AvgIpc) is 2.72. The van der Waals surface area contributed by atoms with Crippen molar-refractivity contribution >= 4 is 50.5 Å². The predicted octanol–water partition coefficient (Wildman–Crippen LogP) is 5.58. The zero-order valence-electron chi connectivity index (χ0n) is 16.2. The molecule has 3 aromatic carbocycles. The Morgan fingerprint density at radius 3 is 2.39 bits per heavy atom. The van der Waals surface area contributed by atoms with Crippen LogP contribution in [0, 0.1) is 5.82 Å². The third-order valence-electron chi connectivity index (χ3n) is 4.09. The van der Waals surface area contributed by atoms with Crippen molar-refractivity contribution in [2.24, 2.45) is 0 Å². The zero-order chi connectivity index (χ0) is 22.6. The SMILES string of the molecule is CCOc1ccc(S(=O)(=O)Nc2ccc(F)c(Cl)c2)cc1NC(=O)c1ccc(Cl)cc1. The Hall–Kier alpha value is -2.81. The smallest absolute Gasteiger partial charge is 0.261 e. The number of amides is 1. The van der Waals surface area contributed by atoms with Gasteiger partial charge in [0, 0.05) is 10.6 Å². The molecule has 0 aliphatic carbocycles. The van der Waals surface area contributed by atoms with Crippen LogP contribution in [0.2, 0.25) is 10.0 Å². The minimum absolute atomic E-state index is 0.0898. The van der Waals surface area contributed by atoms with Crippen LogP contribution in [0.15, 0.2) is 65.6 Å². The highest BCUT2D eigenvalue weighted by molar-refractivity contribution is 7.92. The van der Waals surface area contributed by atoms with Gasteiger partial charge in [-0.1, -0.05) is 23.2 Å². The van der Waals surface area contributed by atoms with Gasteiger partial charge >= 0.3 is 0 Å². The van der Waals surface area contributed by atoms with Crippen LogP contribution < -0.4 is 14.8 Å². The van der Waals surface area contributed by atoms with E-state index >= 15 is 0 Å². The van der Waals surface area contributed by atoms with E-state index in [2.05, 4.69) is 10.0 Å². The van der Waals surface area contributed by atoms with Crippen LogP contribution in [0.25, 0.3) is 0 Å². The number of carbonyl (C=O) groups is 1. The lowest BCUT2D eigenvalue weighted by Crippen LogP contribution is -2.16. The van der Waals surface area contributed by atoms with Crippen molar-refractivity contribution in [1.82, 2.24) is 0 Å². The Kier molecular flexibility index (Phi) is 7.04. The molecule has 3 rings (SSSR count). The summed E-state index contributed by atoms with van der Waals surface area (Å²) in [6, 6.07) is 13.7. The summed E-state index contributed by atoms with van der Waals surface area (Å²) in [4.78, 5) is 12.4. The van der Waals surface area contributed by atoms with Crippen LogP contribution in [0.5, 0.6) is 5.75 Å². The minimum Gasteiger partial charge on any atom is -0.492 e. The molecule has 31 heavy (non-hydrogen) atoms. The molecular weight excluding hydrogens is 466 g/mol. The maximum absolute atomic E-state index is 13.3. The van der Waals surface area contributed by atoms with E-state index in [1.54, 1.807) is 31.2 Å². The van der Waals surface area contributed by atoms with Crippen molar-refractivity contribution in [1.29, 1.82) is 0 Å².